The molecule has 1 atom stereocenters. The average molecular weight is 401 g/mol. The van der Waals surface area contributed by atoms with E-state index in [9.17, 15) is 4.79 Å². The van der Waals surface area contributed by atoms with E-state index in [-0.39, 0.29) is 17.5 Å². The van der Waals surface area contributed by atoms with Crippen molar-refractivity contribution in [1.82, 2.24) is 10.6 Å². The number of carbonyl (C=O) groups excluding carboxylic acids is 1. The molecule has 1 aliphatic carbocycles. The summed E-state index contributed by atoms with van der Waals surface area (Å²) in [4.78, 5) is 12.2. The maximum Gasteiger partial charge on any atom is 0.315 e. The van der Waals surface area contributed by atoms with Crippen LogP contribution in [-0.2, 0) is 11.8 Å². The molecule has 2 aromatic carbocycles. The second kappa shape index (κ2) is 8.05. The Kier molecular flexibility index (Phi) is 5.79. The molecule has 1 fully saturated rings. The van der Waals surface area contributed by atoms with Crippen LogP contribution in [-0.4, -0.2) is 18.6 Å². The summed E-state index contributed by atoms with van der Waals surface area (Å²) >= 11 is 3.48. The molecule has 2 amide bonds. The number of hydrogen-bond acceptors (Lipinski definition) is 1. The maximum atomic E-state index is 12.2. The molecule has 0 bridgehead atoms. The normalized spacial score (nSPS) is 16.1. The van der Waals surface area contributed by atoms with Gasteiger partial charge in [0.1, 0.15) is 0 Å². The molecule has 4 heteroatoms. The Balaban J connectivity index is 1.44. The number of urea groups is 1. The molecule has 2 N–H and O–H groups in total. The van der Waals surface area contributed by atoms with Crippen LogP contribution in [0.1, 0.15) is 37.3 Å². The van der Waals surface area contributed by atoms with E-state index < -0.39 is 0 Å². The Morgan fingerprint density at radius 1 is 1.12 bits per heavy atom. The van der Waals surface area contributed by atoms with Crippen molar-refractivity contribution < 1.29 is 4.79 Å². The number of rotatable bonds is 7. The molecule has 3 rings (SSSR count). The first kappa shape index (κ1) is 18.0. The van der Waals surface area contributed by atoms with Crippen LogP contribution in [0.15, 0.2) is 59.1 Å². The molecule has 0 saturated heterocycles. The van der Waals surface area contributed by atoms with Crippen molar-refractivity contribution in [3.8, 4) is 0 Å². The summed E-state index contributed by atoms with van der Waals surface area (Å²) in [5, 5.41) is 6.12. The first-order valence-corrected chi connectivity index (χ1v) is 9.74. The van der Waals surface area contributed by atoms with E-state index in [2.05, 4.69) is 69.9 Å². The molecule has 1 aliphatic rings. The Bertz CT molecular complexity index is 696. The van der Waals surface area contributed by atoms with E-state index in [0.717, 1.165) is 30.2 Å². The molecule has 1 unspecified atom stereocenters. The summed E-state index contributed by atoms with van der Waals surface area (Å²) in [7, 11) is 0. The first-order chi connectivity index (χ1) is 12.1. The number of aryl methyl sites for hydroxylation is 1. The van der Waals surface area contributed by atoms with E-state index >= 15 is 0 Å². The number of halogens is 1. The van der Waals surface area contributed by atoms with Crippen molar-refractivity contribution in [3.63, 3.8) is 0 Å². The van der Waals surface area contributed by atoms with Gasteiger partial charge in [-0.05, 0) is 55.9 Å². The molecule has 25 heavy (non-hydrogen) atoms. The summed E-state index contributed by atoms with van der Waals surface area (Å²) in [6.07, 6.45) is 4.19. The van der Waals surface area contributed by atoms with Crippen molar-refractivity contribution in [2.45, 2.75) is 44.1 Å². The number of hydrogen-bond donors (Lipinski definition) is 2. The van der Waals surface area contributed by atoms with Crippen LogP contribution < -0.4 is 10.6 Å². The summed E-state index contributed by atoms with van der Waals surface area (Å²) < 4.78 is 1.09. The zero-order chi connectivity index (χ0) is 17.7. The van der Waals surface area contributed by atoms with Gasteiger partial charge in [-0.15, -0.1) is 0 Å². The second-order valence-electron chi connectivity index (χ2n) is 6.87. The first-order valence-electron chi connectivity index (χ1n) is 8.94. The van der Waals surface area contributed by atoms with Gasteiger partial charge in [0.15, 0.2) is 0 Å². The Morgan fingerprint density at radius 2 is 1.80 bits per heavy atom. The van der Waals surface area contributed by atoms with Crippen LogP contribution in [0.2, 0.25) is 0 Å². The quantitative estimate of drug-likeness (QED) is 0.643. The van der Waals surface area contributed by atoms with Crippen molar-refractivity contribution in [2.75, 3.05) is 6.54 Å². The summed E-state index contributed by atoms with van der Waals surface area (Å²) in [6, 6.07) is 18.9. The van der Waals surface area contributed by atoms with E-state index in [0.29, 0.717) is 6.54 Å². The maximum absolute atomic E-state index is 12.2. The van der Waals surface area contributed by atoms with Crippen molar-refractivity contribution in [3.05, 3.63) is 70.2 Å². The minimum Gasteiger partial charge on any atom is -0.338 e. The number of amides is 2. The SMILES string of the molecule is CC(NC(=O)NCCCc1ccccc1)C1(c2ccc(Br)cc2)CC1. The molecule has 0 spiro atoms. The zero-order valence-electron chi connectivity index (χ0n) is 14.6. The third-order valence-corrected chi connectivity index (χ3v) is 5.68. The average Bonchev–Trinajstić information content (AvgIpc) is 3.42. The van der Waals surface area contributed by atoms with Gasteiger partial charge in [-0.25, -0.2) is 4.79 Å². The lowest BCUT2D eigenvalue weighted by atomic mass is 9.89. The molecule has 0 aliphatic heterocycles. The van der Waals surface area contributed by atoms with E-state index in [1.807, 2.05) is 18.2 Å². The third-order valence-electron chi connectivity index (χ3n) is 5.15. The van der Waals surface area contributed by atoms with E-state index in [1.165, 1.54) is 11.1 Å². The van der Waals surface area contributed by atoms with E-state index in [1.54, 1.807) is 0 Å². The van der Waals surface area contributed by atoms with Crippen molar-refractivity contribution in [2.24, 2.45) is 0 Å². The molecule has 3 nitrogen and oxygen atoms in total. The Hall–Kier alpha value is -1.81. The van der Waals surface area contributed by atoms with Gasteiger partial charge < -0.3 is 10.6 Å². The van der Waals surface area contributed by atoms with Gasteiger partial charge in [-0.3, -0.25) is 0 Å². The number of benzene rings is 2. The Labute approximate surface area is 158 Å². The topological polar surface area (TPSA) is 41.1 Å². The monoisotopic (exact) mass is 400 g/mol. The molecule has 1 saturated carbocycles. The van der Waals surface area contributed by atoms with Gasteiger partial charge in [0, 0.05) is 22.5 Å². The summed E-state index contributed by atoms with van der Waals surface area (Å²) in [6.45, 7) is 2.80. The minimum atomic E-state index is -0.0658. The number of carbonyl (C=O) groups is 1. The van der Waals surface area contributed by atoms with Crippen LogP contribution in [0.5, 0.6) is 0 Å². The van der Waals surface area contributed by atoms with E-state index in [4.69, 9.17) is 0 Å². The largest absolute Gasteiger partial charge is 0.338 e. The van der Waals surface area contributed by atoms with Crippen molar-refractivity contribution >= 4 is 22.0 Å². The van der Waals surface area contributed by atoms with Crippen LogP contribution in [0.25, 0.3) is 0 Å². The predicted octanol–water partition coefficient (Wildman–Crippen LogP) is 4.80. The molecular weight excluding hydrogens is 376 g/mol. The lowest BCUT2D eigenvalue weighted by Gasteiger charge is -2.25. The van der Waals surface area contributed by atoms with Gasteiger partial charge in [0.05, 0.1) is 0 Å². The standard InChI is InChI=1S/C21H25BrN2O/c1-16(21(13-14-21)18-9-11-19(22)12-10-18)24-20(25)23-15-5-8-17-6-3-2-4-7-17/h2-4,6-7,9-12,16H,5,8,13-15H2,1H3,(H2,23,24,25). The van der Waals surface area contributed by atoms with Crippen LogP contribution >= 0.6 is 15.9 Å². The lowest BCUT2D eigenvalue weighted by molar-refractivity contribution is 0.235. The van der Waals surface area contributed by atoms with Crippen LogP contribution in [0.3, 0.4) is 0 Å². The third kappa shape index (κ3) is 4.63. The predicted molar refractivity (Wildman–Crippen MR) is 106 cm³/mol. The summed E-state index contributed by atoms with van der Waals surface area (Å²) in [5.74, 6) is 0. The number of nitrogens with one attached hydrogen (secondary N) is 2. The van der Waals surface area contributed by atoms with Gasteiger partial charge in [-0.1, -0.05) is 58.4 Å². The van der Waals surface area contributed by atoms with Gasteiger partial charge in [-0.2, -0.15) is 0 Å². The zero-order valence-corrected chi connectivity index (χ0v) is 16.2. The lowest BCUT2D eigenvalue weighted by Crippen LogP contribution is -2.46. The molecule has 0 heterocycles. The highest BCUT2D eigenvalue weighted by atomic mass is 79.9. The summed E-state index contributed by atoms with van der Waals surface area (Å²) in [5.41, 5.74) is 2.72. The van der Waals surface area contributed by atoms with Crippen LogP contribution in [0.4, 0.5) is 4.79 Å². The highest BCUT2D eigenvalue weighted by Crippen LogP contribution is 2.51. The molecule has 0 aromatic heterocycles. The fourth-order valence-electron chi connectivity index (χ4n) is 3.41. The molecule has 0 radical (unpaired) electrons. The minimum absolute atomic E-state index is 0.0658. The van der Waals surface area contributed by atoms with Crippen LogP contribution in [0, 0.1) is 0 Å². The second-order valence-corrected chi connectivity index (χ2v) is 7.79. The highest BCUT2D eigenvalue weighted by Gasteiger charge is 2.49. The van der Waals surface area contributed by atoms with Gasteiger partial charge in [0.2, 0.25) is 0 Å². The molecular formula is C21H25BrN2O. The fraction of sp³-hybridized carbons (Fsp3) is 0.381. The van der Waals surface area contributed by atoms with Gasteiger partial charge in [0.25, 0.3) is 0 Å². The van der Waals surface area contributed by atoms with Crippen molar-refractivity contribution in [1.29, 1.82) is 0 Å². The molecule has 2 aromatic rings. The molecule has 132 valence electrons. The fourth-order valence-corrected chi connectivity index (χ4v) is 3.68. The Morgan fingerprint density at radius 3 is 2.44 bits per heavy atom. The van der Waals surface area contributed by atoms with Gasteiger partial charge >= 0.3 is 6.03 Å². The highest BCUT2D eigenvalue weighted by molar-refractivity contribution is 9.10. The smallest absolute Gasteiger partial charge is 0.315 e.